The van der Waals surface area contributed by atoms with Crippen molar-refractivity contribution in [3.05, 3.63) is 0 Å². The Bertz CT molecular complexity index is 292. The number of rotatable bonds is 3. The second kappa shape index (κ2) is 3.70. The summed E-state index contributed by atoms with van der Waals surface area (Å²) in [6.45, 7) is 4.42. The largest absolute Gasteiger partial charge is 0.392 e. The first-order valence-corrected chi connectivity index (χ1v) is 6.11. The lowest BCUT2D eigenvalue weighted by molar-refractivity contribution is -0.142. The Kier molecular flexibility index (Phi) is 2.75. The molecule has 2 fully saturated rings. The molecule has 0 aliphatic heterocycles. The normalized spacial score (nSPS) is 34.8. The summed E-state index contributed by atoms with van der Waals surface area (Å²) in [5.74, 6) is 0.0891. The van der Waals surface area contributed by atoms with Crippen LogP contribution in [0.4, 0.5) is 0 Å². The van der Waals surface area contributed by atoms with Gasteiger partial charge in [-0.15, -0.1) is 0 Å². The summed E-state index contributed by atoms with van der Waals surface area (Å²) in [4.78, 5) is 12.1. The number of carbonyl (C=O) groups excluding carboxylic acids is 1. The molecule has 2 aliphatic carbocycles. The molecule has 1 amide bonds. The van der Waals surface area contributed by atoms with Crippen molar-refractivity contribution in [1.29, 1.82) is 0 Å². The Balaban J connectivity index is 1.94. The number of nitrogens with two attached hydrogens (primary N) is 1. The van der Waals surface area contributed by atoms with Crippen LogP contribution < -0.4 is 11.1 Å². The summed E-state index contributed by atoms with van der Waals surface area (Å²) in [7, 11) is 0. The number of amides is 1. The van der Waals surface area contributed by atoms with Gasteiger partial charge in [-0.3, -0.25) is 4.79 Å². The highest BCUT2D eigenvalue weighted by molar-refractivity contribution is 5.84. The Morgan fingerprint density at radius 2 is 2.12 bits per heavy atom. The van der Waals surface area contributed by atoms with Crippen molar-refractivity contribution in [3.63, 3.8) is 0 Å². The minimum absolute atomic E-state index is 0.0891. The van der Waals surface area contributed by atoms with Crippen LogP contribution in [0.1, 0.15) is 39.5 Å². The smallest absolute Gasteiger partial charge is 0.227 e. The van der Waals surface area contributed by atoms with Crippen molar-refractivity contribution in [3.8, 4) is 0 Å². The Hall–Kier alpha value is -0.610. The molecule has 0 saturated heterocycles. The van der Waals surface area contributed by atoms with E-state index < -0.39 is 0 Å². The lowest BCUT2D eigenvalue weighted by Gasteiger charge is -2.51. The van der Waals surface area contributed by atoms with E-state index in [0.29, 0.717) is 13.0 Å². The van der Waals surface area contributed by atoms with E-state index in [-0.39, 0.29) is 28.9 Å². The average molecular weight is 226 g/mol. The lowest BCUT2D eigenvalue weighted by Crippen LogP contribution is -2.64. The summed E-state index contributed by atoms with van der Waals surface area (Å²) in [5, 5.41) is 12.7. The van der Waals surface area contributed by atoms with Gasteiger partial charge in [0, 0.05) is 18.0 Å². The Labute approximate surface area is 96.6 Å². The van der Waals surface area contributed by atoms with Crippen LogP contribution in [0.25, 0.3) is 0 Å². The minimum atomic E-state index is -0.309. The van der Waals surface area contributed by atoms with E-state index in [1.807, 2.05) is 13.8 Å². The first-order chi connectivity index (χ1) is 7.42. The number of aliphatic hydroxyl groups is 1. The maximum Gasteiger partial charge on any atom is 0.227 e. The summed E-state index contributed by atoms with van der Waals surface area (Å²) < 4.78 is 0. The van der Waals surface area contributed by atoms with Crippen LogP contribution in [0.5, 0.6) is 0 Å². The molecular weight excluding hydrogens is 204 g/mol. The standard InChI is InChI=1S/C12H22N2O2/c1-11(2)8(6-9(11)15)14-10(16)12(7-13)4-3-5-12/h8-9,15H,3-7,13H2,1-2H3,(H,14,16). The highest BCUT2D eigenvalue weighted by Crippen LogP contribution is 2.43. The van der Waals surface area contributed by atoms with Gasteiger partial charge in [0.15, 0.2) is 0 Å². The summed E-state index contributed by atoms with van der Waals surface area (Å²) in [6, 6.07) is 0.0963. The summed E-state index contributed by atoms with van der Waals surface area (Å²) in [5.41, 5.74) is 5.18. The van der Waals surface area contributed by atoms with Gasteiger partial charge in [-0.25, -0.2) is 0 Å². The molecule has 2 aliphatic rings. The van der Waals surface area contributed by atoms with Gasteiger partial charge in [-0.1, -0.05) is 20.3 Å². The molecule has 0 aromatic heterocycles. The second-order valence-corrected chi connectivity index (χ2v) is 5.94. The molecule has 4 N–H and O–H groups in total. The molecule has 92 valence electrons. The molecule has 2 saturated carbocycles. The van der Waals surface area contributed by atoms with Crippen LogP contribution >= 0.6 is 0 Å². The van der Waals surface area contributed by atoms with Gasteiger partial charge in [0.1, 0.15) is 0 Å². The maximum atomic E-state index is 12.1. The molecule has 2 rings (SSSR count). The Morgan fingerprint density at radius 3 is 2.44 bits per heavy atom. The van der Waals surface area contributed by atoms with E-state index in [4.69, 9.17) is 5.73 Å². The maximum absolute atomic E-state index is 12.1. The molecule has 2 unspecified atom stereocenters. The minimum Gasteiger partial charge on any atom is -0.392 e. The molecule has 4 nitrogen and oxygen atoms in total. The molecule has 0 spiro atoms. The molecule has 0 aromatic carbocycles. The molecule has 2 atom stereocenters. The summed E-state index contributed by atoms with van der Waals surface area (Å²) in [6.07, 6.45) is 3.28. The zero-order valence-electron chi connectivity index (χ0n) is 10.1. The first kappa shape index (κ1) is 11.9. The van der Waals surface area contributed by atoms with Gasteiger partial charge >= 0.3 is 0 Å². The van der Waals surface area contributed by atoms with E-state index >= 15 is 0 Å². The molecule has 4 heteroatoms. The molecule has 0 radical (unpaired) electrons. The van der Waals surface area contributed by atoms with E-state index in [0.717, 1.165) is 19.3 Å². The molecule has 16 heavy (non-hydrogen) atoms. The van der Waals surface area contributed by atoms with Gasteiger partial charge in [0.2, 0.25) is 5.91 Å². The quantitative estimate of drug-likeness (QED) is 0.651. The van der Waals surface area contributed by atoms with E-state index in [1.54, 1.807) is 0 Å². The highest BCUT2D eigenvalue weighted by atomic mass is 16.3. The van der Waals surface area contributed by atoms with Crippen LogP contribution in [-0.2, 0) is 4.79 Å². The predicted molar refractivity (Wildman–Crippen MR) is 61.7 cm³/mol. The topological polar surface area (TPSA) is 75.3 Å². The van der Waals surface area contributed by atoms with Crippen LogP contribution in [0, 0.1) is 10.8 Å². The molecule has 0 heterocycles. The van der Waals surface area contributed by atoms with Gasteiger partial charge in [0.05, 0.1) is 11.5 Å². The van der Waals surface area contributed by atoms with Gasteiger partial charge in [-0.2, -0.15) is 0 Å². The van der Waals surface area contributed by atoms with Crippen molar-refractivity contribution in [1.82, 2.24) is 5.32 Å². The lowest BCUT2D eigenvalue weighted by atomic mass is 9.63. The van der Waals surface area contributed by atoms with Gasteiger partial charge < -0.3 is 16.2 Å². The molecular formula is C12H22N2O2. The van der Waals surface area contributed by atoms with Crippen LogP contribution in [0.3, 0.4) is 0 Å². The van der Waals surface area contributed by atoms with E-state index in [1.165, 1.54) is 0 Å². The van der Waals surface area contributed by atoms with Crippen molar-refractivity contribution in [2.24, 2.45) is 16.6 Å². The molecule has 0 aromatic rings. The average Bonchev–Trinajstić information content (AvgIpc) is 2.16. The van der Waals surface area contributed by atoms with E-state index in [9.17, 15) is 9.90 Å². The third-order valence-corrected chi connectivity index (χ3v) is 4.70. The zero-order valence-corrected chi connectivity index (χ0v) is 10.1. The monoisotopic (exact) mass is 226 g/mol. The van der Waals surface area contributed by atoms with Crippen molar-refractivity contribution in [2.45, 2.75) is 51.7 Å². The van der Waals surface area contributed by atoms with Crippen molar-refractivity contribution >= 4 is 5.91 Å². The number of hydrogen-bond donors (Lipinski definition) is 3. The number of nitrogens with one attached hydrogen (secondary N) is 1. The fourth-order valence-corrected chi connectivity index (χ4v) is 2.59. The Morgan fingerprint density at radius 1 is 1.50 bits per heavy atom. The van der Waals surface area contributed by atoms with E-state index in [2.05, 4.69) is 5.32 Å². The SMILES string of the molecule is CC1(C)C(O)CC1NC(=O)C1(CN)CCC1. The fraction of sp³-hybridized carbons (Fsp3) is 0.917. The third-order valence-electron chi connectivity index (χ3n) is 4.70. The molecule has 0 bridgehead atoms. The third kappa shape index (κ3) is 1.55. The van der Waals surface area contributed by atoms with Crippen LogP contribution in [-0.4, -0.2) is 29.7 Å². The van der Waals surface area contributed by atoms with Gasteiger partial charge in [-0.05, 0) is 19.3 Å². The number of carbonyl (C=O) groups is 1. The van der Waals surface area contributed by atoms with Crippen LogP contribution in [0.15, 0.2) is 0 Å². The van der Waals surface area contributed by atoms with Crippen LogP contribution in [0.2, 0.25) is 0 Å². The first-order valence-electron chi connectivity index (χ1n) is 6.11. The van der Waals surface area contributed by atoms with Gasteiger partial charge in [0.25, 0.3) is 0 Å². The van der Waals surface area contributed by atoms with Crippen molar-refractivity contribution < 1.29 is 9.90 Å². The fourth-order valence-electron chi connectivity index (χ4n) is 2.59. The highest BCUT2D eigenvalue weighted by Gasteiger charge is 2.51. The second-order valence-electron chi connectivity index (χ2n) is 5.94. The van der Waals surface area contributed by atoms with Crippen molar-refractivity contribution in [2.75, 3.05) is 6.54 Å². The predicted octanol–water partition coefficient (Wildman–Crippen LogP) is 0.391. The zero-order chi connectivity index (χ0) is 12.0. The summed E-state index contributed by atoms with van der Waals surface area (Å²) >= 11 is 0. The number of aliphatic hydroxyl groups excluding tert-OH is 1. The number of hydrogen-bond acceptors (Lipinski definition) is 3.